The molecule has 1 saturated heterocycles. The lowest BCUT2D eigenvalue weighted by atomic mass is 10.1. The molecule has 9 nitrogen and oxygen atoms in total. The third kappa shape index (κ3) is 4.95. The van der Waals surface area contributed by atoms with E-state index in [4.69, 9.17) is 14.2 Å². The fraction of sp³-hybridized carbons (Fsp3) is 0.368. The normalized spacial score (nSPS) is 21.1. The molecular weight excluding hydrogens is 366 g/mol. The SMILES string of the molecule is CC(=O)OC[C@@H]1C[C@@H](OC(C)=O)[C@H](Nc2nc(=O)[nH]cc2-c2ccccc2)O1. The van der Waals surface area contributed by atoms with Gasteiger partial charge in [0.15, 0.2) is 6.23 Å². The Hall–Kier alpha value is -3.20. The highest BCUT2D eigenvalue weighted by molar-refractivity contribution is 5.74. The minimum atomic E-state index is -0.749. The standard InChI is InChI=1S/C19H21N3O6/c1-11(23)26-10-14-8-16(27-12(2)24)18(28-14)21-17-15(9-20-19(25)22-17)13-6-4-3-5-7-13/h3-7,9,14,16,18H,8,10H2,1-2H3,(H2,20,21,22,25)/t14-,16+,18+/m0/s1. The van der Waals surface area contributed by atoms with Crippen LogP contribution in [-0.2, 0) is 23.8 Å². The second kappa shape index (κ2) is 8.66. The van der Waals surface area contributed by atoms with Crippen molar-refractivity contribution in [1.29, 1.82) is 0 Å². The number of H-pyrrole nitrogens is 1. The van der Waals surface area contributed by atoms with Crippen molar-refractivity contribution in [3.63, 3.8) is 0 Å². The van der Waals surface area contributed by atoms with Gasteiger partial charge in [-0.05, 0) is 5.56 Å². The van der Waals surface area contributed by atoms with E-state index >= 15 is 0 Å². The van der Waals surface area contributed by atoms with Gasteiger partial charge in [0.05, 0.1) is 6.10 Å². The first-order chi connectivity index (χ1) is 13.4. The van der Waals surface area contributed by atoms with Crippen LogP contribution in [-0.4, -0.2) is 46.9 Å². The number of nitrogens with zero attached hydrogens (tertiary/aromatic N) is 1. The minimum absolute atomic E-state index is 0.0413. The summed E-state index contributed by atoms with van der Waals surface area (Å²) in [6, 6.07) is 9.37. The van der Waals surface area contributed by atoms with E-state index in [0.29, 0.717) is 17.8 Å². The third-order valence-corrected chi connectivity index (χ3v) is 4.13. The number of anilines is 1. The molecule has 148 valence electrons. The van der Waals surface area contributed by atoms with Crippen molar-refractivity contribution >= 4 is 17.8 Å². The van der Waals surface area contributed by atoms with Crippen molar-refractivity contribution < 1.29 is 23.8 Å². The fourth-order valence-corrected chi connectivity index (χ4v) is 2.98. The first-order valence-corrected chi connectivity index (χ1v) is 8.80. The van der Waals surface area contributed by atoms with E-state index in [1.165, 1.54) is 13.8 Å². The van der Waals surface area contributed by atoms with Crippen LogP contribution >= 0.6 is 0 Å². The van der Waals surface area contributed by atoms with Crippen LogP contribution < -0.4 is 11.0 Å². The fourth-order valence-electron chi connectivity index (χ4n) is 2.98. The Labute approximate surface area is 161 Å². The number of hydrogen-bond donors (Lipinski definition) is 2. The lowest BCUT2D eigenvalue weighted by molar-refractivity contribution is -0.148. The Morgan fingerprint density at radius 2 is 2.00 bits per heavy atom. The van der Waals surface area contributed by atoms with Crippen LogP contribution in [0.25, 0.3) is 11.1 Å². The van der Waals surface area contributed by atoms with Crippen LogP contribution in [0, 0.1) is 0 Å². The van der Waals surface area contributed by atoms with Crippen LogP contribution in [0.2, 0.25) is 0 Å². The number of nitrogens with one attached hydrogen (secondary N) is 2. The summed E-state index contributed by atoms with van der Waals surface area (Å²) in [4.78, 5) is 40.8. The molecule has 3 rings (SSSR count). The van der Waals surface area contributed by atoms with E-state index in [0.717, 1.165) is 5.56 Å². The zero-order valence-corrected chi connectivity index (χ0v) is 15.5. The smallest absolute Gasteiger partial charge is 0.346 e. The molecule has 0 aliphatic carbocycles. The second-order valence-electron chi connectivity index (χ2n) is 6.34. The Balaban J connectivity index is 1.84. The quantitative estimate of drug-likeness (QED) is 0.715. The summed E-state index contributed by atoms with van der Waals surface area (Å²) in [5.74, 6) is -0.590. The lowest BCUT2D eigenvalue weighted by Crippen LogP contribution is -2.34. The van der Waals surface area contributed by atoms with Gasteiger partial charge < -0.3 is 24.5 Å². The lowest BCUT2D eigenvalue weighted by Gasteiger charge is -2.21. The van der Waals surface area contributed by atoms with E-state index in [9.17, 15) is 14.4 Å². The Kier molecular flexibility index (Phi) is 6.05. The number of carbonyl (C=O) groups is 2. The largest absolute Gasteiger partial charge is 0.463 e. The molecule has 0 radical (unpaired) electrons. The molecule has 1 aromatic carbocycles. The van der Waals surface area contributed by atoms with Gasteiger partial charge in [-0.2, -0.15) is 4.98 Å². The average molecular weight is 387 g/mol. The molecule has 3 atom stereocenters. The summed E-state index contributed by atoms with van der Waals surface area (Å²) in [5.41, 5.74) is 0.974. The molecule has 2 N–H and O–H groups in total. The summed E-state index contributed by atoms with van der Waals surface area (Å²) in [5, 5.41) is 3.05. The van der Waals surface area contributed by atoms with E-state index in [-0.39, 0.29) is 6.61 Å². The molecular formula is C19H21N3O6. The van der Waals surface area contributed by atoms with Gasteiger partial charge in [0.2, 0.25) is 0 Å². The first kappa shape index (κ1) is 19.6. The van der Waals surface area contributed by atoms with E-state index in [2.05, 4.69) is 15.3 Å². The molecule has 2 aromatic rings. The maximum absolute atomic E-state index is 11.8. The minimum Gasteiger partial charge on any atom is -0.463 e. The topological polar surface area (TPSA) is 120 Å². The van der Waals surface area contributed by atoms with Crippen LogP contribution in [0.1, 0.15) is 20.3 Å². The highest BCUT2D eigenvalue weighted by Gasteiger charge is 2.38. The van der Waals surface area contributed by atoms with E-state index < -0.39 is 36.1 Å². The van der Waals surface area contributed by atoms with E-state index in [1.807, 2.05) is 30.3 Å². The first-order valence-electron chi connectivity index (χ1n) is 8.80. The molecule has 1 aliphatic heterocycles. The number of aromatic amines is 1. The van der Waals surface area contributed by atoms with Crippen LogP contribution in [0.4, 0.5) is 5.82 Å². The van der Waals surface area contributed by atoms with Crippen molar-refractivity contribution in [2.45, 2.75) is 38.7 Å². The zero-order valence-electron chi connectivity index (χ0n) is 15.5. The molecule has 0 bridgehead atoms. The number of ether oxygens (including phenoxy) is 3. The number of carbonyl (C=O) groups excluding carboxylic acids is 2. The van der Waals surface area contributed by atoms with Crippen LogP contribution in [0.3, 0.4) is 0 Å². The maximum Gasteiger partial charge on any atom is 0.346 e. The monoisotopic (exact) mass is 387 g/mol. The Morgan fingerprint density at radius 3 is 2.68 bits per heavy atom. The third-order valence-electron chi connectivity index (χ3n) is 4.13. The van der Waals surface area contributed by atoms with Crippen molar-refractivity contribution in [2.24, 2.45) is 0 Å². The molecule has 0 saturated carbocycles. The van der Waals surface area contributed by atoms with Gasteiger partial charge in [0.25, 0.3) is 0 Å². The van der Waals surface area contributed by atoms with Gasteiger partial charge >= 0.3 is 17.6 Å². The van der Waals surface area contributed by atoms with Crippen molar-refractivity contribution in [2.75, 3.05) is 11.9 Å². The van der Waals surface area contributed by atoms with Gasteiger partial charge in [-0.15, -0.1) is 0 Å². The predicted molar refractivity (Wildman–Crippen MR) is 99.4 cm³/mol. The molecule has 1 aliphatic rings. The summed E-state index contributed by atoms with van der Waals surface area (Å²) < 4.78 is 16.2. The zero-order chi connectivity index (χ0) is 20.1. The summed E-state index contributed by atoms with van der Waals surface area (Å²) >= 11 is 0. The summed E-state index contributed by atoms with van der Waals surface area (Å²) in [7, 11) is 0. The number of benzene rings is 1. The van der Waals surface area contributed by atoms with Gasteiger partial charge in [-0.3, -0.25) is 9.59 Å². The average Bonchev–Trinajstić information content (AvgIpc) is 3.01. The van der Waals surface area contributed by atoms with E-state index in [1.54, 1.807) is 6.20 Å². The van der Waals surface area contributed by atoms with Crippen molar-refractivity contribution in [3.8, 4) is 11.1 Å². The Bertz CT molecular complexity index is 898. The maximum atomic E-state index is 11.8. The molecule has 0 unspecified atom stereocenters. The summed E-state index contributed by atoms with van der Waals surface area (Å²) in [6.45, 7) is 2.65. The molecule has 1 fully saturated rings. The number of esters is 2. The van der Waals surface area contributed by atoms with Crippen molar-refractivity contribution in [3.05, 3.63) is 47.0 Å². The summed E-state index contributed by atoms with van der Waals surface area (Å²) in [6.07, 6.45) is 0.0740. The molecule has 9 heteroatoms. The number of aromatic nitrogens is 2. The number of rotatable bonds is 6. The predicted octanol–water partition coefficient (Wildman–Crippen LogP) is 1.46. The molecule has 0 amide bonds. The molecule has 2 heterocycles. The van der Waals surface area contributed by atoms with Gasteiger partial charge in [0.1, 0.15) is 18.5 Å². The highest BCUT2D eigenvalue weighted by Crippen LogP contribution is 2.29. The molecule has 0 spiro atoms. The Morgan fingerprint density at radius 1 is 1.25 bits per heavy atom. The molecule has 28 heavy (non-hydrogen) atoms. The van der Waals surface area contributed by atoms with Crippen LogP contribution in [0.15, 0.2) is 41.3 Å². The van der Waals surface area contributed by atoms with Gasteiger partial charge in [-0.1, -0.05) is 30.3 Å². The van der Waals surface area contributed by atoms with Gasteiger partial charge in [0, 0.05) is 32.0 Å². The second-order valence-corrected chi connectivity index (χ2v) is 6.34. The highest BCUT2D eigenvalue weighted by atomic mass is 16.6. The molecule has 1 aromatic heterocycles. The van der Waals surface area contributed by atoms with Crippen molar-refractivity contribution in [1.82, 2.24) is 9.97 Å². The number of hydrogen-bond acceptors (Lipinski definition) is 8. The van der Waals surface area contributed by atoms with Gasteiger partial charge in [-0.25, -0.2) is 4.79 Å². The van der Waals surface area contributed by atoms with Crippen LogP contribution in [0.5, 0.6) is 0 Å².